The normalized spacial score (nSPS) is 15.3. The average molecular weight is 536 g/mol. The van der Waals surface area contributed by atoms with Crippen LogP contribution in [0.4, 0.5) is 17.5 Å². The van der Waals surface area contributed by atoms with E-state index in [1.807, 2.05) is 34.7 Å². The second kappa shape index (κ2) is 11.4. The highest BCUT2D eigenvalue weighted by molar-refractivity contribution is 7.96. The molecule has 0 saturated heterocycles. The highest BCUT2D eigenvalue weighted by Crippen LogP contribution is 2.38. The van der Waals surface area contributed by atoms with E-state index in [9.17, 15) is 0 Å². The van der Waals surface area contributed by atoms with Gasteiger partial charge in [0.25, 0.3) is 0 Å². The largest absolute Gasteiger partial charge is 0.494 e. The summed E-state index contributed by atoms with van der Waals surface area (Å²) < 4.78 is 9.90. The van der Waals surface area contributed by atoms with E-state index in [0.717, 1.165) is 53.8 Å². The third kappa shape index (κ3) is 5.53. The molecule has 0 amide bonds. The fourth-order valence-electron chi connectivity index (χ4n) is 4.60. The number of methoxy groups -OCH3 is 1. The number of halogens is 1. The van der Waals surface area contributed by atoms with Crippen molar-refractivity contribution in [2.75, 3.05) is 36.6 Å². The number of rotatable bonds is 9. The fraction of sp³-hybridized carbons (Fsp3) is 0.296. The maximum Gasteiger partial charge on any atom is 0.229 e. The van der Waals surface area contributed by atoms with Crippen LogP contribution in [-0.4, -0.2) is 49.8 Å². The van der Waals surface area contributed by atoms with E-state index in [4.69, 9.17) is 26.3 Å². The highest BCUT2D eigenvalue weighted by Gasteiger charge is 2.31. The monoisotopic (exact) mass is 535 g/mol. The van der Waals surface area contributed by atoms with Crippen molar-refractivity contribution >= 4 is 41.0 Å². The molecule has 0 aliphatic carbocycles. The van der Waals surface area contributed by atoms with Crippen molar-refractivity contribution in [2.24, 2.45) is 0 Å². The molecular formula is C27H30ClN7OS. The topological polar surface area (TPSA) is 80.1 Å². The standard InChI is InChI=1S/C27H30ClN7OS/c1-4-29-26-21-15-35(37-5-2)14-20(18-9-7-6-8-10-18)25(21)32-27(33-26)31-19-11-12-22(23(13-19)36-3)34-16-24(28)30-17-34/h6-13,16-17,20H,4-5,14-15H2,1-3H3,(H2,29,31,32,33). The number of aromatic nitrogens is 4. The van der Waals surface area contributed by atoms with Gasteiger partial charge in [-0.15, -0.1) is 0 Å². The van der Waals surface area contributed by atoms with Crippen LogP contribution >= 0.6 is 23.5 Å². The van der Waals surface area contributed by atoms with Crippen molar-refractivity contribution in [2.45, 2.75) is 26.3 Å². The number of hydrogen-bond donors (Lipinski definition) is 2. The second-order valence-electron chi connectivity index (χ2n) is 8.61. The molecule has 8 nitrogen and oxygen atoms in total. The number of nitrogens with one attached hydrogen (secondary N) is 2. The van der Waals surface area contributed by atoms with Gasteiger partial charge in [0, 0.05) is 54.8 Å². The van der Waals surface area contributed by atoms with Gasteiger partial charge in [-0.3, -0.25) is 0 Å². The van der Waals surface area contributed by atoms with Crippen LogP contribution < -0.4 is 15.4 Å². The van der Waals surface area contributed by atoms with Crippen LogP contribution in [-0.2, 0) is 6.54 Å². The van der Waals surface area contributed by atoms with Crippen LogP contribution in [0.2, 0.25) is 5.15 Å². The lowest BCUT2D eigenvalue weighted by Gasteiger charge is -2.34. The van der Waals surface area contributed by atoms with Gasteiger partial charge in [-0.2, -0.15) is 4.98 Å². The van der Waals surface area contributed by atoms with Gasteiger partial charge >= 0.3 is 0 Å². The molecule has 1 aliphatic rings. The number of imidazole rings is 1. The summed E-state index contributed by atoms with van der Waals surface area (Å²) in [6.07, 6.45) is 3.40. The van der Waals surface area contributed by atoms with Crippen LogP contribution in [0.5, 0.6) is 5.75 Å². The SMILES string of the molecule is CCNc1nc(Nc2ccc(-n3cnc(Cl)c3)c(OC)c2)nc2c1CN(SCC)CC2c1ccccc1. The first-order valence-corrected chi connectivity index (χ1v) is 13.6. The van der Waals surface area contributed by atoms with Crippen LogP contribution in [0, 0.1) is 0 Å². The molecule has 0 saturated carbocycles. The first kappa shape index (κ1) is 25.4. The number of ether oxygens (including phenoxy) is 1. The van der Waals surface area contributed by atoms with Gasteiger partial charge in [-0.25, -0.2) is 14.3 Å². The van der Waals surface area contributed by atoms with Crippen molar-refractivity contribution in [3.05, 3.63) is 83.0 Å². The Labute approximate surface area is 226 Å². The summed E-state index contributed by atoms with van der Waals surface area (Å²) in [5.74, 6) is 3.27. The Hall–Kier alpha value is -3.27. The molecule has 3 heterocycles. The minimum absolute atomic E-state index is 0.146. The molecule has 0 bridgehead atoms. The summed E-state index contributed by atoms with van der Waals surface area (Å²) in [5, 5.41) is 7.31. The summed E-state index contributed by atoms with van der Waals surface area (Å²) in [6.45, 7) is 6.75. The maximum atomic E-state index is 6.01. The summed E-state index contributed by atoms with van der Waals surface area (Å²) in [4.78, 5) is 14.1. The van der Waals surface area contributed by atoms with Crippen molar-refractivity contribution in [3.63, 3.8) is 0 Å². The molecule has 1 atom stereocenters. The van der Waals surface area contributed by atoms with E-state index in [0.29, 0.717) is 16.9 Å². The van der Waals surface area contributed by atoms with Gasteiger partial charge in [-0.05, 0) is 24.6 Å². The quantitative estimate of drug-likeness (QED) is 0.248. The Morgan fingerprint density at radius 1 is 1.14 bits per heavy atom. The third-order valence-corrected chi connectivity index (χ3v) is 7.31. The fourth-order valence-corrected chi connectivity index (χ4v) is 5.59. The molecule has 0 spiro atoms. The second-order valence-corrected chi connectivity index (χ2v) is 10.3. The molecule has 1 unspecified atom stereocenters. The summed E-state index contributed by atoms with van der Waals surface area (Å²) in [6, 6.07) is 16.4. The molecule has 37 heavy (non-hydrogen) atoms. The average Bonchev–Trinajstić information content (AvgIpc) is 3.35. The van der Waals surface area contributed by atoms with Crippen LogP contribution in [0.3, 0.4) is 0 Å². The molecule has 0 fully saturated rings. The summed E-state index contributed by atoms with van der Waals surface area (Å²) >= 11 is 7.87. The lowest BCUT2D eigenvalue weighted by atomic mass is 9.89. The van der Waals surface area contributed by atoms with Gasteiger partial charge in [-0.1, -0.05) is 60.8 Å². The van der Waals surface area contributed by atoms with E-state index < -0.39 is 0 Å². The van der Waals surface area contributed by atoms with Crippen molar-refractivity contribution < 1.29 is 4.74 Å². The molecule has 10 heteroatoms. The zero-order valence-electron chi connectivity index (χ0n) is 21.1. The number of benzene rings is 2. The minimum Gasteiger partial charge on any atom is -0.494 e. The molecule has 4 aromatic rings. The van der Waals surface area contributed by atoms with E-state index in [1.165, 1.54) is 5.56 Å². The Kier molecular flexibility index (Phi) is 7.83. The number of nitrogens with zero attached hydrogens (tertiary/aromatic N) is 5. The Morgan fingerprint density at radius 3 is 2.68 bits per heavy atom. The molecule has 2 aromatic carbocycles. The molecule has 2 aromatic heterocycles. The van der Waals surface area contributed by atoms with Crippen molar-refractivity contribution in [1.29, 1.82) is 0 Å². The molecule has 0 radical (unpaired) electrons. The van der Waals surface area contributed by atoms with Gasteiger partial charge in [0.2, 0.25) is 5.95 Å². The van der Waals surface area contributed by atoms with Crippen LogP contribution in [0.15, 0.2) is 61.1 Å². The first-order valence-electron chi connectivity index (χ1n) is 12.3. The van der Waals surface area contributed by atoms with E-state index in [2.05, 4.69) is 64.1 Å². The lowest BCUT2D eigenvalue weighted by molar-refractivity contribution is 0.410. The first-order chi connectivity index (χ1) is 18.1. The molecule has 2 N–H and O–H groups in total. The van der Waals surface area contributed by atoms with E-state index in [-0.39, 0.29) is 5.92 Å². The molecule has 5 rings (SSSR count). The van der Waals surface area contributed by atoms with Gasteiger partial charge < -0.3 is 19.9 Å². The van der Waals surface area contributed by atoms with Gasteiger partial charge in [0.1, 0.15) is 23.0 Å². The Morgan fingerprint density at radius 2 is 1.97 bits per heavy atom. The predicted octanol–water partition coefficient (Wildman–Crippen LogP) is 6.12. The molecule has 192 valence electrons. The summed E-state index contributed by atoms with van der Waals surface area (Å²) in [7, 11) is 1.64. The van der Waals surface area contributed by atoms with Crippen molar-refractivity contribution in [1.82, 2.24) is 23.8 Å². The van der Waals surface area contributed by atoms with E-state index in [1.54, 1.807) is 19.6 Å². The van der Waals surface area contributed by atoms with E-state index >= 15 is 0 Å². The van der Waals surface area contributed by atoms with Crippen LogP contribution in [0.1, 0.15) is 36.6 Å². The smallest absolute Gasteiger partial charge is 0.229 e. The lowest BCUT2D eigenvalue weighted by Crippen LogP contribution is -2.32. The number of hydrogen-bond acceptors (Lipinski definition) is 8. The summed E-state index contributed by atoms with van der Waals surface area (Å²) in [5.41, 5.74) is 5.12. The third-order valence-electron chi connectivity index (χ3n) is 6.21. The van der Waals surface area contributed by atoms with Gasteiger partial charge in [0.15, 0.2) is 0 Å². The zero-order valence-corrected chi connectivity index (χ0v) is 22.7. The number of fused-ring (bicyclic) bond motifs is 1. The minimum atomic E-state index is 0.146. The maximum absolute atomic E-state index is 6.01. The molecular weight excluding hydrogens is 506 g/mol. The molecule has 1 aliphatic heterocycles. The van der Waals surface area contributed by atoms with Crippen molar-refractivity contribution in [3.8, 4) is 11.4 Å². The Balaban J connectivity index is 1.53. The van der Waals surface area contributed by atoms with Gasteiger partial charge in [0.05, 0.1) is 18.5 Å². The highest BCUT2D eigenvalue weighted by atomic mass is 35.5. The zero-order chi connectivity index (χ0) is 25.8. The Bertz CT molecular complexity index is 1360. The number of anilines is 3. The predicted molar refractivity (Wildman–Crippen MR) is 151 cm³/mol. The van der Waals surface area contributed by atoms with Crippen LogP contribution in [0.25, 0.3) is 5.69 Å².